The Morgan fingerprint density at radius 1 is 0.239 bits per heavy atom. The Bertz CT molecular complexity index is 2390. The van der Waals surface area contributed by atoms with Gasteiger partial charge in [-0.3, -0.25) is 0 Å². The number of rotatable bonds is 9. The van der Waals surface area contributed by atoms with E-state index in [9.17, 15) is 92.2 Å². The molecule has 0 heterocycles. The van der Waals surface area contributed by atoms with Gasteiger partial charge in [0.1, 0.15) is 0 Å². The SMILES string of the molecule is CC(C(C)(C)C)C(C)(C)C.CC(C)(C)C(C)(C)C.CC(C)(C)C(C)(C)C(F)(F)F.CC(C)C(C)(C)C(C)(C)C.CC(C)C(C)(C)C(C)C(F)(F)F.CC(C)[C@@H](C)C(C)(C)C.CC(C)[C@@H](C)C(C)C(F)(F)F.CC(C)[C@@H](C)C(C)C(F)(F)F.CC1CCC(C(F)(F)F)CC1.C[C@@H]1CCCC(C(F)(F)F)C1.C[C@H](C(C)(C)C)C(C)(C)C(F)(F)F. The third-order valence-electron chi connectivity index (χ3n) is 29.0. The molecule has 4 unspecified atom stereocenters. The normalized spacial score (nSPS) is 19.6. The Balaban J connectivity index is -0.000000157. The van der Waals surface area contributed by atoms with Gasteiger partial charge in [-0.2, -0.15) is 92.2 Å². The van der Waals surface area contributed by atoms with Crippen LogP contribution < -0.4 is 0 Å². The van der Waals surface area contributed by atoms with Gasteiger partial charge < -0.3 is 0 Å². The molecule has 0 aromatic rings. The molecule has 0 aromatic carbocycles. The van der Waals surface area contributed by atoms with Crippen molar-refractivity contribution in [1.82, 2.24) is 0 Å². The minimum Gasteiger partial charge on any atom is -0.171 e. The summed E-state index contributed by atoms with van der Waals surface area (Å²) in [6.07, 6.45) is -23.8. The van der Waals surface area contributed by atoms with E-state index in [2.05, 4.69) is 180 Å². The maximum Gasteiger partial charge on any atom is 0.394 e. The minimum atomic E-state index is -4.13. The molecule has 0 nitrogen and oxygen atoms in total. The highest BCUT2D eigenvalue weighted by molar-refractivity contribution is 4.91. The zero-order chi connectivity index (χ0) is 98.0. The molecule has 9 atom stereocenters. The van der Waals surface area contributed by atoms with E-state index in [1.54, 1.807) is 55.4 Å². The first-order valence-electron chi connectivity index (χ1n) is 43.5. The molecule has 2 rings (SSSR count). The van der Waals surface area contributed by atoms with Crippen molar-refractivity contribution in [3.8, 4) is 0 Å². The monoisotopic (exact) mass is 1740 g/mol. The third-order valence-corrected chi connectivity index (χ3v) is 29.0. The van der Waals surface area contributed by atoms with Gasteiger partial charge in [0.05, 0.1) is 40.4 Å². The van der Waals surface area contributed by atoms with Gasteiger partial charge in [0.2, 0.25) is 0 Å². The molecule has 2 aliphatic carbocycles. The van der Waals surface area contributed by atoms with Crippen molar-refractivity contribution < 1.29 is 92.2 Å². The first-order valence-corrected chi connectivity index (χ1v) is 43.5. The van der Waals surface area contributed by atoms with E-state index in [0.29, 0.717) is 69.5 Å². The lowest BCUT2D eigenvalue weighted by molar-refractivity contribution is -0.243. The molecule has 2 saturated carbocycles. The molecule has 0 saturated heterocycles. The molecular formula is C96H189F21. The van der Waals surface area contributed by atoms with Crippen molar-refractivity contribution in [3.63, 3.8) is 0 Å². The molecule has 2 fully saturated rings. The zero-order valence-corrected chi connectivity index (χ0v) is 84.9. The second-order valence-electron chi connectivity index (χ2n) is 47.3. The Morgan fingerprint density at radius 2 is 0.530 bits per heavy atom. The second-order valence-corrected chi connectivity index (χ2v) is 47.3. The van der Waals surface area contributed by atoms with E-state index in [4.69, 9.17) is 0 Å². The highest BCUT2D eigenvalue weighted by Gasteiger charge is 2.55. The van der Waals surface area contributed by atoms with Crippen LogP contribution in [0.3, 0.4) is 0 Å². The molecule has 0 aliphatic heterocycles. The predicted octanol–water partition coefficient (Wildman–Crippen LogP) is 39.3. The Morgan fingerprint density at radius 3 is 0.624 bits per heavy atom. The lowest BCUT2D eigenvalue weighted by Crippen LogP contribution is -2.43. The molecule has 117 heavy (non-hydrogen) atoms. The van der Waals surface area contributed by atoms with Crippen molar-refractivity contribution >= 4 is 0 Å². The Kier molecular flexibility index (Phi) is 57.3. The Hall–Kier alpha value is -1.47. The highest BCUT2D eigenvalue weighted by atomic mass is 19.4. The topological polar surface area (TPSA) is 0 Å². The Labute approximate surface area is 709 Å². The molecular weight excluding hydrogens is 1550 g/mol. The van der Waals surface area contributed by atoms with Crippen LogP contribution in [-0.2, 0) is 0 Å². The van der Waals surface area contributed by atoms with E-state index < -0.39 is 100 Å². The van der Waals surface area contributed by atoms with Gasteiger partial charge >= 0.3 is 43.2 Å². The average molecular weight is 1740 g/mol. The number of hydrogen-bond acceptors (Lipinski definition) is 0. The molecule has 0 N–H and O–H groups in total. The van der Waals surface area contributed by atoms with Crippen molar-refractivity contribution in [3.05, 3.63) is 0 Å². The summed E-state index contributed by atoms with van der Waals surface area (Å²) in [5.41, 5.74) is -1.90. The van der Waals surface area contributed by atoms with Crippen molar-refractivity contribution in [2.45, 2.75) is 455 Å². The average Bonchev–Trinajstić information content (AvgIpc) is 0.793. The second kappa shape index (κ2) is 50.2. The third kappa shape index (κ3) is 55.6. The lowest BCUT2D eigenvalue weighted by atomic mass is 9.63. The maximum atomic E-state index is 12.6. The van der Waals surface area contributed by atoms with Gasteiger partial charge in [-0.15, -0.1) is 0 Å². The fourth-order valence-corrected chi connectivity index (χ4v) is 10.9. The minimum absolute atomic E-state index is 0.0362. The van der Waals surface area contributed by atoms with Gasteiger partial charge in [-0.1, -0.05) is 386 Å². The maximum absolute atomic E-state index is 12.6. The summed E-state index contributed by atoms with van der Waals surface area (Å²) < 4.78 is 257. The zero-order valence-electron chi connectivity index (χ0n) is 84.9. The van der Waals surface area contributed by atoms with Gasteiger partial charge in [0.25, 0.3) is 0 Å². The van der Waals surface area contributed by atoms with E-state index in [1.807, 2.05) is 76.2 Å². The van der Waals surface area contributed by atoms with Gasteiger partial charge in [0, 0.05) is 0 Å². The van der Waals surface area contributed by atoms with Crippen LogP contribution in [0.5, 0.6) is 0 Å². The van der Waals surface area contributed by atoms with E-state index in [1.165, 1.54) is 48.5 Å². The van der Waals surface area contributed by atoms with Crippen LogP contribution in [0, 0.1) is 166 Å². The molecule has 0 aromatic heterocycles. The predicted molar refractivity (Wildman–Crippen MR) is 463 cm³/mol. The fraction of sp³-hybridized carbons (Fsp3) is 1.00. The van der Waals surface area contributed by atoms with E-state index >= 15 is 0 Å². The quantitative estimate of drug-likeness (QED) is 0.202. The summed E-state index contributed by atoms with van der Waals surface area (Å²) >= 11 is 0. The number of halogens is 21. The van der Waals surface area contributed by atoms with Crippen molar-refractivity contribution in [2.24, 2.45) is 166 Å². The van der Waals surface area contributed by atoms with Crippen molar-refractivity contribution in [2.75, 3.05) is 0 Å². The van der Waals surface area contributed by atoms with Crippen molar-refractivity contribution in [1.29, 1.82) is 0 Å². The number of alkyl halides is 21. The molecule has 2 aliphatic rings. The van der Waals surface area contributed by atoms with Gasteiger partial charge in [-0.25, -0.2) is 0 Å². The lowest BCUT2D eigenvalue weighted by Gasteiger charge is -2.42. The first-order chi connectivity index (χ1) is 50.0. The van der Waals surface area contributed by atoms with Crippen LogP contribution in [0.4, 0.5) is 92.2 Å². The summed E-state index contributed by atoms with van der Waals surface area (Å²) in [5.74, 6) is -2.55. The fourth-order valence-electron chi connectivity index (χ4n) is 10.9. The molecule has 0 spiro atoms. The first kappa shape index (κ1) is 134. The molecule has 0 bridgehead atoms. The molecule has 720 valence electrons. The number of hydrogen-bond donors (Lipinski definition) is 0. The standard InChI is InChI=1S/C10H19F3.2C10H22.C9H17F3.C9H20.2C8H13F3.3C8H15F3.C8H18/c1-7(8(2,3)4)9(5,6)10(11,12)13;1-8(9(2,3)4)10(5,6)7;1-8(2)10(6,7)9(3,4)5;1-6(2)8(4,5)7(3)9(10,11)12;1-7(2)8(3)9(4,5)6;1-6-2-4-7(5-3-6)8(9,10)11;1-6-3-2-4-7(5-6)8(9,10)11;1-6(2,3)7(4,5)8(9,10)11;2*1-5(2)6(3)7(4)8(9,10)11;1-7(2,3)8(4,5)6/h7H,1-6H3;2*8H,1-7H3;6-7H,1-5H3;7-8H,1-6H3;2*6-7H,2-5H2,1H3;1-5H3;2*5-7H,1-4H3;1-6H3/t7-;;;;8-;;6-,7?;;2*6-,7?;/m1...1.1.11./s1. The summed E-state index contributed by atoms with van der Waals surface area (Å²) in [7, 11) is 0. The van der Waals surface area contributed by atoms with Crippen LogP contribution in [0.25, 0.3) is 0 Å². The molecule has 0 radical (unpaired) electrons. The van der Waals surface area contributed by atoms with E-state index in [-0.39, 0.29) is 40.9 Å². The largest absolute Gasteiger partial charge is 0.394 e. The summed E-state index contributed by atoms with van der Waals surface area (Å²) in [5, 5.41) is 0. The summed E-state index contributed by atoms with van der Waals surface area (Å²) in [6.45, 7) is 102. The van der Waals surface area contributed by atoms with E-state index in [0.717, 1.165) is 49.4 Å². The van der Waals surface area contributed by atoms with Gasteiger partial charge in [-0.05, 0) is 151 Å². The summed E-state index contributed by atoms with van der Waals surface area (Å²) in [6, 6.07) is 0. The van der Waals surface area contributed by atoms with Crippen LogP contribution in [0.15, 0.2) is 0 Å². The molecule has 0 amide bonds. The highest BCUT2D eigenvalue weighted by Crippen LogP contribution is 2.53. The van der Waals surface area contributed by atoms with Gasteiger partial charge in [0.15, 0.2) is 0 Å². The summed E-state index contributed by atoms with van der Waals surface area (Å²) in [4.78, 5) is 0. The van der Waals surface area contributed by atoms with Crippen LogP contribution >= 0.6 is 0 Å². The van der Waals surface area contributed by atoms with Crippen LogP contribution in [-0.4, -0.2) is 43.2 Å². The smallest absolute Gasteiger partial charge is 0.171 e. The van der Waals surface area contributed by atoms with Crippen LogP contribution in [0.1, 0.15) is 411 Å². The molecule has 21 heteroatoms. The van der Waals surface area contributed by atoms with Crippen LogP contribution in [0.2, 0.25) is 0 Å².